The molecule has 2 heterocycles. The van der Waals surface area contributed by atoms with Gasteiger partial charge in [-0.15, -0.1) is 0 Å². The summed E-state index contributed by atoms with van der Waals surface area (Å²) >= 11 is 0. The van der Waals surface area contributed by atoms with Crippen molar-refractivity contribution in [3.63, 3.8) is 0 Å². The normalized spacial score (nSPS) is 10.7. The molecule has 4 aromatic rings. The van der Waals surface area contributed by atoms with E-state index in [1.807, 2.05) is 30.3 Å². The SMILES string of the molecule is O=C(Nc1ccc(Nc2cccc3cccnc23)nc1)c1ccc(F)c(F)c1F. The van der Waals surface area contributed by atoms with Gasteiger partial charge in [-0.25, -0.2) is 18.2 Å². The summed E-state index contributed by atoms with van der Waals surface area (Å²) in [6, 6.07) is 14.2. The molecule has 2 aromatic carbocycles. The molecule has 4 rings (SSSR count). The van der Waals surface area contributed by atoms with E-state index in [1.165, 1.54) is 6.20 Å². The molecule has 2 N–H and O–H groups in total. The van der Waals surface area contributed by atoms with E-state index in [1.54, 1.807) is 18.3 Å². The van der Waals surface area contributed by atoms with Crippen molar-refractivity contribution < 1.29 is 18.0 Å². The Kier molecular flexibility index (Phi) is 4.82. The molecule has 0 radical (unpaired) electrons. The molecule has 29 heavy (non-hydrogen) atoms. The largest absolute Gasteiger partial charge is 0.338 e. The summed E-state index contributed by atoms with van der Waals surface area (Å²) in [7, 11) is 0. The van der Waals surface area contributed by atoms with E-state index in [0.717, 1.165) is 22.7 Å². The first-order chi connectivity index (χ1) is 14.0. The highest BCUT2D eigenvalue weighted by atomic mass is 19.2. The maximum atomic E-state index is 13.7. The summed E-state index contributed by atoms with van der Waals surface area (Å²) in [5, 5.41) is 6.51. The zero-order chi connectivity index (χ0) is 20.4. The first kappa shape index (κ1) is 18.4. The van der Waals surface area contributed by atoms with Crippen molar-refractivity contribution in [2.45, 2.75) is 0 Å². The Bertz CT molecular complexity index is 1210. The number of amides is 1. The van der Waals surface area contributed by atoms with Crippen LogP contribution in [0.1, 0.15) is 10.4 Å². The number of benzene rings is 2. The van der Waals surface area contributed by atoms with Crippen molar-refractivity contribution in [2.24, 2.45) is 0 Å². The monoisotopic (exact) mass is 394 g/mol. The molecule has 5 nitrogen and oxygen atoms in total. The van der Waals surface area contributed by atoms with Gasteiger partial charge in [0, 0.05) is 11.6 Å². The van der Waals surface area contributed by atoms with Crippen LogP contribution >= 0.6 is 0 Å². The van der Waals surface area contributed by atoms with Gasteiger partial charge < -0.3 is 10.6 Å². The minimum Gasteiger partial charge on any atom is -0.338 e. The van der Waals surface area contributed by atoms with Gasteiger partial charge in [-0.1, -0.05) is 18.2 Å². The van der Waals surface area contributed by atoms with Crippen LogP contribution in [0.25, 0.3) is 10.9 Å². The molecule has 0 atom stereocenters. The molecule has 144 valence electrons. The van der Waals surface area contributed by atoms with E-state index in [0.29, 0.717) is 11.9 Å². The number of hydrogen-bond acceptors (Lipinski definition) is 4. The number of nitrogens with one attached hydrogen (secondary N) is 2. The van der Waals surface area contributed by atoms with Crippen LogP contribution in [-0.4, -0.2) is 15.9 Å². The molecule has 0 aliphatic rings. The Morgan fingerprint density at radius 3 is 2.48 bits per heavy atom. The Hall–Kier alpha value is -3.94. The van der Waals surface area contributed by atoms with Gasteiger partial charge in [0.2, 0.25) is 0 Å². The van der Waals surface area contributed by atoms with Crippen LogP contribution in [0.15, 0.2) is 67.0 Å². The number of aromatic nitrogens is 2. The number of carbonyl (C=O) groups is 1. The molecule has 8 heteroatoms. The molecule has 0 unspecified atom stereocenters. The first-order valence-corrected chi connectivity index (χ1v) is 8.54. The molecule has 2 aromatic heterocycles. The molecule has 0 saturated heterocycles. The van der Waals surface area contributed by atoms with E-state index in [9.17, 15) is 18.0 Å². The van der Waals surface area contributed by atoms with Crippen molar-refractivity contribution in [3.05, 3.63) is 90.0 Å². The zero-order valence-electron chi connectivity index (χ0n) is 14.8. The summed E-state index contributed by atoms with van der Waals surface area (Å²) in [4.78, 5) is 20.7. The fourth-order valence-corrected chi connectivity index (χ4v) is 2.78. The van der Waals surface area contributed by atoms with E-state index in [2.05, 4.69) is 20.6 Å². The minimum absolute atomic E-state index is 0.265. The lowest BCUT2D eigenvalue weighted by Crippen LogP contribution is -2.15. The Morgan fingerprint density at radius 1 is 0.862 bits per heavy atom. The van der Waals surface area contributed by atoms with Crippen LogP contribution < -0.4 is 10.6 Å². The fourth-order valence-electron chi connectivity index (χ4n) is 2.78. The van der Waals surface area contributed by atoms with Crippen molar-refractivity contribution in [1.82, 2.24) is 9.97 Å². The van der Waals surface area contributed by atoms with Gasteiger partial charge in [0.15, 0.2) is 17.5 Å². The minimum atomic E-state index is -1.70. The fraction of sp³-hybridized carbons (Fsp3) is 0. The molecular weight excluding hydrogens is 381 g/mol. The highest BCUT2D eigenvalue weighted by Crippen LogP contribution is 2.24. The van der Waals surface area contributed by atoms with Gasteiger partial charge in [0.05, 0.1) is 28.7 Å². The average Bonchev–Trinajstić information content (AvgIpc) is 2.74. The van der Waals surface area contributed by atoms with Crippen molar-refractivity contribution >= 4 is 34.0 Å². The average molecular weight is 394 g/mol. The maximum Gasteiger partial charge on any atom is 0.258 e. The zero-order valence-corrected chi connectivity index (χ0v) is 14.8. The second-order valence-electron chi connectivity index (χ2n) is 6.11. The van der Waals surface area contributed by atoms with Gasteiger partial charge in [0.1, 0.15) is 5.82 Å². The van der Waals surface area contributed by atoms with Crippen LogP contribution in [0.2, 0.25) is 0 Å². The summed E-state index contributed by atoms with van der Waals surface area (Å²) < 4.78 is 40.1. The molecule has 1 amide bonds. The standard InChI is InChI=1S/C21H13F3N4O/c22-15-8-7-14(18(23)19(15)24)21(29)27-13-6-9-17(26-11-13)28-16-5-1-3-12-4-2-10-25-20(12)16/h1-11H,(H,26,28)(H,27,29). The third-order valence-corrected chi connectivity index (χ3v) is 4.20. The van der Waals surface area contributed by atoms with E-state index >= 15 is 0 Å². The molecule has 0 saturated carbocycles. The van der Waals surface area contributed by atoms with Gasteiger partial charge in [-0.3, -0.25) is 9.78 Å². The maximum absolute atomic E-state index is 13.7. The summed E-state index contributed by atoms with van der Waals surface area (Å²) in [6.45, 7) is 0. The van der Waals surface area contributed by atoms with E-state index in [4.69, 9.17) is 0 Å². The highest BCUT2D eigenvalue weighted by molar-refractivity contribution is 6.04. The first-order valence-electron chi connectivity index (χ1n) is 8.54. The van der Waals surface area contributed by atoms with Crippen LogP contribution in [0.3, 0.4) is 0 Å². The smallest absolute Gasteiger partial charge is 0.258 e. The summed E-state index contributed by atoms with van der Waals surface area (Å²) in [5.41, 5.74) is 1.20. The van der Waals surface area contributed by atoms with Crippen molar-refractivity contribution in [2.75, 3.05) is 10.6 Å². The number of para-hydroxylation sites is 1. The third kappa shape index (κ3) is 3.73. The second kappa shape index (κ2) is 7.59. The van der Waals surface area contributed by atoms with Gasteiger partial charge in [-0.2, -0.15) is 0 Å². The number of halogens is 3. The van der Waals surface area contributed by atoms with Crippen molar-refractivity contribution in [1.29, 1.82) is 0 Å². The number of carbonyl (C=O) groups excluding carboxylic acids is 1. The topological polar surface area (TPSA) is 66.9 Å². The Morgan fingerprint density at radius 2 is 1.69 bits per heavy atom. The van der Waals surface area contributed by atoms with Gasteiger partial charge >= 0.3 is 0 Å². The number of anilines is 3. The number of hydrogen-bond donors (Lipinski definition) is 2. The molecule has 0 aliphatic heterocycles. The molecule has 0 spiro atoms. The number of nitrogens with zero attached hydrogens (tertiary/aromatic N) is 2. The lowest BCUT2D eigenvalue weighted by Gasteiger charge is -2.10. The summed E-state index contributed by atoms with van der Waals surface area (Å²) in [5.74, 6) is -5.02. The van der Waals surface area contributed by atoms with Crippen LogP contribution in [0, 0.1) is 17.5 Å². The van der Waals surface area contributed by atoms with Crippen LogP contribution in [-0.2, 0) is 0 Å². The van der Waals surface area contributed by atoms with Crippen molar-refractivity contribution in [3.8, 4) is 0 Å². The van der Waals surface area contributed by atoms with E-state index in [-0.39, 0.29) is 5.69 Å². The van der Waals surface area contributed by atoms with Crippen LogP contribution in [0.5, 0.6) is 0 Å². The molecule has 0 fully saturated rings. The number of fused-ring (bicyclic) bond motifs is 1. The summed E-state index contributed by atoms with van der Waals surface area (Å²) in [6.07, 6.45) is 3.05. The Labute approximate surface area is 163 Å². The third-order valence-electron chi connectivity index (χ3n) is 4.20. The Balaban J connectivity index is 1.51. The lowest BCUT2D eigenvalue weighted by atomic mass is 10.2. The second-order valence-corrected chi connectivity index (χ2v) is 6.11. The van der Waals surface area contributed by atoms with Gasteiger partial charge in [-0.05, 0) is 36.4 Å². The van der Waals surface area contributed by atoms with E-state index < -0.39 is 28.9 Å². The predicted molar refractivity (Wildman–Crippen MR) is 104 cm³/mol. The highest BCUT2D eigenvalue weighted by Gasteiger charge is 2.19. The molecule has 0 bridgehead atoms. The van der Waals surface area contributed by atoms with Crippen LogP contribution in [0.4, 0.5) is 30.4 Å². The number of rotatable bonds is 4. The van der Waals surface area contributed by atoms with Gasteiger partial charge in [0.25, 0.3) is 5.91 Å². The lowest BCUT2D eigenvalue weighted by molar-refractivity contribution is 0.102. The predicted octanol–water partition coefficient (Wildman–Crippen LogP) is 5.04. The molecular formula is C21H13F3N4O. The number of pyridine rings is 2. The molecule has 0 aliphatic carbocycles. The quantitative estimate of drug-likeness (QED) is 0.476.